The van der Waals surface area contributed by atoms with Gasteiger partial charge in [0.15, 0.2) is 0 Å². The number of rotatable bonds is 0. The van der Waals surface area contributed by atoms with E-state index in [0.29, 0.717) is 0 Å². The van der Waals surface area contributed by atoms with E-state index in [0.717, 1.165) is 0 Å². The van der Waals surface area contributed by atoms with E-state index < -0.39 is 0 Å². The number of hydrogen-bond acceptors (Lipinski definition) is 0. The standard InChI is InChI=1S/C13H22/c1-9-8-12(4,5)13(6,7)11(3)10(9)2/h8H,1-7H3. The van der Waals surface area contributed by atoms with E-state index in [9.17, 15) is 0 Å². The highest BCUT2D eigenvalue weighted by Gasteiger charge is 2.39. The molecular formula is C13H22. The average molecular weight is 178 g/mol. The quantitative estimate of drug-likeness (QED) is 0.518. The van der Waals surface area contributed by atoms with Gasteiger partial charge in [-0.1, -0.05) is 44.9 Å². The lowest BCUT2D eigenvalue weighted by molar-refractivity contribution is 0.207. The average Bonchev–Trinajstić information content (AvgIpc) is 1.98. The largest absolute Gasteiger partial charge is 0.0748 e. The minimum absolute atomic E-state index is 0.278. The van der Waals surface area contributed by atoms with E-state index >= 15 is 0 Å². The van der Waals surface area contributed by atoms with Crippen LogP contribution in [0.25, 0.3) is 0 Å². The van der Waals surface area contributed by atoms with Gasteiger partial charge in [0, 0.05) is 0 Å². The molecule has 0 heteroatoms. The fraction of sp³-hybridized carbons (Fsp3) is 0.692. The second-order valence-electron chi connectivity index (χ2n) is 5.42. The Morgan fingerprint density at radius 2 is 1.38 bits per heavy atom. The maximum Gasteiger partial charge on any atom is -0.00558 e. The van der Waals surface area contributed by atoms with Gasteiger partial charge in [0.25, 0.3) is 0 Å². The summed E-state index contributed by atoms with van der Waals surface area (Å²) in [5.41, 5.74) is 5.03. The molecule has 0 radical (unpaired) electrons. The normalized spacial score (nSPS) is 25.9. The van der Waals surface area contributed by atoms with Crippen LogP contribution in [-0.2, 0) is 0 Å². The zero-order valence-electron chi connectivity index (χ0n) is 10.1. The monoisotopic (exact) mass is 178 g/mol. The van der Waals surface area contributed by atoms with Gasteiger partial charge in [0.05, 0.1) is 0 Å². The van der Waals surface area contributed by atoms with Gasteiger partial charge in [-0.3, -0.25) is 0 Å². The minimum atomic E-state index is 0.278. The molecule has 0 bridgehead atoms. The Kier molecular flexibility index (Phi) is 2.22. The van der Waals surface area contributed by atoms with Crippen molar-refractivity contribution >= 4 is 0 Å². The molecule has 1 aliphatic carbocycles. The van der Waals surface area contributed by atoms with Crippen molar-refractivity contribution in [1.82, 2.24) is 0 Å². The fourth-order valence-corrected chi connectivity index (χ4v) is 2.08. The van der Waals surface area contributed by atoms with E-state index in [1.54, 1.807) is 0 Å². The fourth-order valence-electron chi connectivity index (χ4n) is 2.08. The van der Waals surface area contributed by atoms with Crippen LogP contribution in [-0.4, -0.2) is 0 Å². The molecule has 0 aromatic heterocycles. The first-order valence-electron chi connectivity index (χ1n) is 5.08. The predicted octanol–water partition coefficient (Wildman–Crippen LogP) is 4.34. The molecule has 0 aromatic carbocycles. The number of allylic oxidation sites excluding steroid dienone is 4. The molecule has 74 valence electrons. The van der Waals surface area contributed by atoms with Crippen LogP contribution in [0.2, 0.25) is 0 Å². The van der Waals surface area contributed by atoms with Gasteiger partial charge in [-0.05, 0) is 37.2 Å². The molecule has 0 spiro atoms. The van der Waals surface area contributed by atoms with Crippen molar-refractivity contribution < 1.29 is 0 Å². The Balaban J connectivity index is 3.32. The van der Waals surface area contributed by atoms with Gasteiger partial charge in [0.1, 0.15) is 0 Å². The maximum absolute atomic E-state index is 2.41. The van der Waals surface area contributed by atoms with Gasteiger partial charge in [-0.25, -0.2) is 0 Å². The molecule has 0 saturated heterocycles. The van der Waals surface area contributed by atoms with Crippen LogP contribution in [0, 0.1) is 10.8 Å². The second kappa shape index (κ2) is 2.73. The summed E-state index contributed by atoms with van der Waals surface area (Å²) in [5.74, 6) is 0. The van der Waals surface area contributed by atoms with Crippen molar-refractivity contribution in [3.8, 4) is 0 Å². The van der Waals surface area contributed by atoms with Crippen molar-refractivity contribution in [2.24, 2.45) is 10.8 Å². The lowest BCUT2D eigenvalue weighted by Crippen LogP contribution is -2.35. The van der Waals surface area contributed by atoms with Crippen molar-refractivity contribution in [3.63, 3.8) is 0 Å². The summed E-state index contributed by atoms with van der Waals surface area (Å²) in [6.45, 7) is 16.1. The zero-order valence-corrected chi connectivity index (χ0v) is 10.1. The van der Waals surface area contributed by atoms with Crippen LogP contribution in [0.5, 0.6) is 0 Å². The lowest BCUT2D eigenvalue weighted by atomic mass is 9.59. The Hall–Kier alpha value is -0.520. The Labute approximate surface area is 82.7 Å². The van der Waals surface area contributed by atoms with Crippen molar-refractivity contribution in [2.45, 2.75) is 48.5 Å². The molecule has 0 aliphatic heterocycles. The Morgan fingerprint density at radius 3 is 1.85 bits per heavy atom. The molecule has 13 heavy (non-hydrogen) atoms. The van der Waals surface area contributed by atoms with Crippen LogP contribution in [0.1, 0.15) is 48.5 Å². The first-order valence-corrected chi connectivity index (χ1v) is 5.08. The molecule has 0 saturated carbocycles. The zero-order chi connectivity index (χ0) is 10.4. The second-order valence-corrected chi connectivity index (χ2v) is 5.42. The third kappa shape index (κ3) is 1.37. The van der Waals surface area contributed by atoms with Crippen molar-refractivity contribution in [1.29, 1.82) is 0 Å². The van der Waals surface area contributed by atoms with E-state index in [1.807, 2.05) is 0 Å². The van der Waals surface area contributed by atoms with Crippen LogP contribution in [0.3, 0.4) is 0 Å². The van der Waals surface area contributed by atoms with Gasteiger partial charge in [0.2, 0.25) is 0 Å². The van der Waals surface area contributed by atoms with Crippen LogP contribution in [0.15, 0.2) is 22.8 Å². The van der Waals surface area contributed by atoms with Crippen LogP contribution < -0.4 is 0 Å². The highest BCUT2D eigenvalue weighted by atomic mass is 14.4. The molecule has 1 rings (SSSR count). The minimum Gasteiger partial charge on any atom is -0.0748 e. The van der Waals surface area contributed by atoms with E-state index in [2.05, 4.69) is 54.5 Å². The third-order valence-corrected chi connectivity index (χ3v) is 4.28. The molecule has 0 aromatic rings. The van der Waals surface area contributed by atoms with E-state index in [1.165, 1.54) is 16.7 Å². The molecule has 0 fully saturated rings. The summed E-state index contributed by atoms with van der Waals surface area (Å²) in [6.07, 6.45) is 2.41. The Bertz CT molecular complexity index is 285. The van der Waals surface area contributed by atoms with Crippen molar-refractivity contribution in [2.75, 3.05) is 0 Å². The van der Waals surface area contributed by atoms with Gasteiger partial charge < -0.3 is 0 Å². The molecule has 0 atom stereocenters. The maximum atomic E-state index is 2.41. The summed E-state index contributed by atoms with van der Waals surface area (Å²) in [7, 11) is 0. The summed E-state index contributed by atoms with van der Waals surface area (Å²) >= 11 is 0. The number of hydrogen-bond donors (Lipinski definition) is 0. The molecule has 0 nitrogen and oxygen atoms in total. The third-order valence-electron chi connectivity index (χ3n) is 4.28. The molecule has 0 heterocycles. The van der Waals surface area contributed by atoms with E-state index in [4.69, 9.17) is 0 Å². The summed E-state index contributed by atoms with van der Waals surface area (Å²) < 4.78 is 0. The van der Waals surface area contributed by atoms with Gasteiger partial charge >= 0.3 is 0 Å². The van der Waals surface area contributed by atoms with E-state index in [-0.39, 0.29) is 10.8 Å². The lowest BCUT2D eigenvalue weighted by Gasteiger charge is -2.45. The molecule has 0 N–H and O–H groups in total. The van der Waals surface area contributed by atoms with Crippen LogP contribution >= 0.6 is 0 Å². The first-order chi connectivity index (χ1) is 5.70. The topological polar surface area (TPSA) is 0 Å². The molecule has 1 aliphatic rings. The summed E-state index contributed by atoms with van der Waals surface area (Å²) in [4.78, 5) is 0. The first kappa shape index (κ1) is 10.6. The smallest absolute Gasteiger partial charge is 0.00558 e. The predicted molar refractivity (Wildman–Crippen MR) is 59.7 cm³/mol. The summed E-state index contributed by atoms with van der Waals surface area (Å²) in [5, 5.41) is 0. The van der Waals surface area contributed by atoms with Crippen LogP contribution in [0.4, 0.5) is 0 Å². The highest BCUT2D eigenvalue weighted by molar-refractivity contribution is 5.41. The molecule has 0 amide bonds. The summed E-state index contributed by atoms with van der Waals surface area (Å²) in [6, 6.07) is 0. The SMILES string of the molecule is CC1=CC(C)(C)C(C)(C)C(C)=C1C. The molecular weight excluding hydrogens is 156 g/mol. The Morgan fingerprint density at radius 1 is 0.923 bits per heavy atom. The molecule has 0 unspecified atom stereocenters. The van der Waals surface area contributed by atoms with Gasteiger partial charge in [-0.2, -0.15) is 0 Å². The highest BCUT2D eigenvalue weighted by Crippen LogP contribution is 2.50. The van der Waals surface area contributed by atoms with Crippen molar-refractivity contribution in [3.05, 3.63) is 22.8 Å². The van der Waals surface area contributed by atoms with Gasteiger partial charge in [-0.15, -0.1) is 0 Å².